The van der Waals surface area contributed by atoms with Crippen molar-refractivity contribution in [3.05, 3.63) is 5.75 Å². The highest BCUT2D eigenvalue weighted by molar-refractivity contribution is 7.92. The van der Waals surface area contributed by atoms with Gasteiger partial charge in [0.15, 0.2) is 0 Å². The van der Waals surface area contributed by atoms with Gasteiger partial charge in [0.2, 0.25) is 15.9 Å². The van der Waals surface area contributed by atoms with E-state index in [1.54, 1.807) is 11.6 Å². The number of carbonyl (C=O) groups is 1. The zero-order valence-electron chi connectivity index (χ0n) is 5.92. The van der Waals surface area contributed by atoms with E-state index in [2.05, 4.69) is 0 Å². The number of amides is 1. The van der Waals surface area contributed by atoms with Gasteiger partial charge < -0.3 is 0 Å². The molecule has 0 saturated carbocycles. The van der Waals surface area contributed by atoms with Gasteiger partial charge in [0.05, 0.1) is 5.75 Å². The Kier molecular flexibility index (Phi) is 3.35. The zero-order chi connectivity index (χ0) is 8.20. The van der Waals surface area contributed by atoms with Gasteiger partial charge in [-0.2, -0.15) is 0 Å². The molecule has 0 unspecified atom stereocenters. The van der Waals surface area contributed by atoms with Crippen molar-refractivity contribution in [3.8, 4) is 0 Å². The van der Waals surface area contributed by atoms with Gasteiger partial charge in [0.1, 0.15) is 0 Å². The molecular formula is C5H10NO3S. The van der Waals surface area contributed by atoms with Crippen molar-refractivity contribution in [1.29, 1.82) is 0 Å². The van der Waals surface area contributed by atoms with Crippen LogP contribution in [-0.2, 0) is 14.8 Å². The first kappa shape index (κ1) is 9.42. The molecule has 0 aliphatic rings. The van der Waals surface area contributed by atoms with E-state index in [9.17, 15) is 13.2 Å². The molecule has 0 fully saturated rings. The van der Waals surface area contributed by atoms with Crippen molar-refractivity contribution in [3.63, 3.8) is 0 Å². The largest absolute Gasteiger partial charge is 0.274 e. The summed E-state index contributed by atoms with van der Waals surface area (Å²) in [5.74, 6) is 0.485. The lowest BCUT2D eigenvalue weighted by Gasteiger charge is -1.99. The maximum absolute atomic E-state index is 10.7. The Hall–Kier alpha value is -0.580. The second kappa shape index (κ2) is 3.55. The van der Waals surface area contributed by atoms with Crippen LogP contribution in [0.2, 0.25) is 0 Å². The molecule has 10 heavy (non-hydrogen) atoms. The van der Waals surface area contributed by atoms with Gasteiger partial charge >= 0.3 is 0 Å². The summed E-state index contributed by atoms with van der Waals surface area (Å²) in [6, 6.07) is 0. The van der Waals surface area contributed by atoms with Gasteiger partial charge in [-0.05, 0) is 6.42 Å². The average Bonchev–Trinajstić information content (AvgIpc) is 1.59. The topological polar surface area (TPSA) is 63.2 Å². The van der Waals surface area contributed by atoms with E-state index >= 15 is 0 Å². The summed E-state index contributed by atoms with van der Waals surface area (Å²) < 4.78 is 23.1. The van der Waals surface area contributed by atoms with Crippen LogP contribution in [-0.4, -0.2) is 14.3 Å². The van der Waals surface area contributed by atoms with E-state index in [1.165, 1.54) is 0 Å². The predicted molar refractivity (Wildman–Crippen MR) is 37.3 cm³/mol. The van der Waals surface area contributed by atoms with Crippen molar-refractivity contribution >= 4 is 15.9 Å². The molecule has 0 heterocycles. The van der Waals surface area contributed by atoms with E-state index in [1.807, 2.05) is 0 Å². The third-order valence-corrected chi connectivity index (χ3v) is 2.02. The molecule has 4 nitrogen and oxygen atoms in total. The first-order valence-electron chi connectivity index (χ1n) is 2.84. The van der Waals surface area contributed by atoms with Crippen LogP contribution in [0, 0.1) is 5.75 Å². The third-order valence-electron chi connectivity index (χ3n) is 0.672. The van der Waals surface area contributed by atoms with Crippen LogP contribution in [0.4, 0.5) is 0 Å². The van der Waals surface area contributed by atoms with E-state index in [0.29, 0.717) is 6.42 Å². The summed E-state index contributed by atoms with van der Waals surface area (Å²) in [6.45, 7) is 2.83. The van der Waals surface area contributed by atoms with Crippen molar-refractivity contribution in [1.82, 2.24) is 4.72 Å². The smallest absolute Gasteiger partial charge is 0.239 e. The Labute approximate surface area is 60.7 Å². The molecule has 0 bridgehead atoms. The summed E-state index contributed by atoms with van der Waals surface area (Å²) in [4.78, 5) is 10.2. The van der Waals surface area contributed by atoms with Crippen LogP contribution in [0.15, 0.2) is 0 Å². The molecule has 1 N–H and O–H groups in total. The SMILES string of the molecule is CC[CH]S(=O)(=O)NC(C)=O. The molecule has 1 amide bonds. The first-order valence-corrected chi connectivity index (χ1v) is 4.39. The van der Waals surface area contributed by atoms with Crippen molar-refractivity contribution in [2.45, 2.75) is 20.3 Å². The van der Waals surface area contributed by atoms with Gasteiger partial charge in [-0.25, -0.2) is 8.42 Å². The highest BCUT2D eigenvalue weighted by Crippen LogP contribution is 1.93. The third kappa shape index (κ3) is 4.31. The molecule has 5 heteroatoms. The Morgan fingerprint density at radius 2 is 2.10 bits per heavy atom. The summed E-state index contributed by atoms with van der Waals surface area (Å²) in [5.41, 5.74) is 0. The van der Waals surface area contributed by atoms with Crippen LogP contribution in [0.3, 0.4) is 0 Å². The Balaban J connectivity index is 4.02. The summed E-state index contributed by atoms with van der Waals surface area (Å²) in [6.07, 6.45) is 0.391. The quantitative estimate of drug-likeness (QED) is 0.639. The molecule has 0 aromatic heterocycles. The van der Waals surface area contributed by atoms with Crippen molar-refractivity contribution in [2.24, 2.45) is 0 Å². The lowest BCUT2D eigenvalue weighted by molar-refractivity contribution is -0.117. The molecule has 0 aromatic carbocycles. The van der Waals surface area contributed by atoms with Gasteiger partial charge in [-0.15, -0.1) is 0 Å². The number of hydrogen-bond acceptors (Lipinski definition) is 3. The minimum absolute atomic E-state index is 0.391. The van der Waals surface area contributed by atoms with Crippen LogP contribution < -0.4 is 4.72 Å². The fraction of sp³-hybridized carbons (Fsp3) is 0.600. The van der Waals surface area contributed by atoms with E-state index in [4.69, 9.17) is 0 Å². The maximum atomic E-state index is 10.7. The molecule has 0 spiro atoms. The molecule has 0 saturated heterocycles. The standard InChI is InChI=1S/C5H10NO3S/c1-3-4-10(8,9)6-5(2)7/h4H,3H2,1-2H3,(H,6,7). The molecule has 0 atom stereocenters. The van der Waals surface area contributed by atoms with Crippen LogP contribution >= 0.6 is 0 Å². The molecule has 0 aromatic rings. The zero-order valence-corrected chi connectivity index (χ0v) is 6.73. The van der Waals surface area contributed by atoms with Crippen molar-refractivity contribution < 1.29 is 13.2 Å². The average molecular weight is 164 g/mol. The normalized spacial score (nSPS) is 11.0. The fourth-order valence-corrected chi connectivity index (χ4v) is 1.38. The Morgan fingerprint density at radius 1 is 1.60 bits per heavy atom. The lowest BCUT2D eigenvalue weighted by Crippen LogP contribution is -2.27. The monoisotopic (exact) mass is 164 g/mol. The molecule has 0 aliphatic carbocycles. The molecule has 0 aliphatic heterocycles. The lowest BCUT2D eigenvalue weighted by atomic mass is 10.6. The van der Waals surface area contributed by atoms with Gasteiger partial charge in [-0.3, -0.25) is 9.52 Å². The minimum Gasteiger partial charge on any atom is -0.274 e. The van der Waals surface area contributed by atoms with E-state index in [0.717, 1.165) is 12.7 Å². The summed E-state index contributed by atoms with van der Waals surface area (Å²) in [5, 5.41) is 0. The molecule has 59 valence electrons. The number of nitrogens with one attached hydrogen (secondary N) is 1. The van der Waals surface area contributed by atoms with Crippen LogP contribution in [0.1, 0.15) is 20.3 Å². The van der Waals surface area contributed by atoms with Crippen LogP contribution in [0.25, 0.3) is 0 Å². The number of rotatable bonds is 3. The fourth-order valence-electron chi connectivity index (χ4n) is 0.461. The predicted octanol–water partition coefficient (Wildman–Crippen LogP) is 0.0241. The highest BCUT2D eigenvalue weighted by Gasteiger charge is 2.09. The van der Waals surface area contributed by atoms with Gasteiger partial charge in [-0.1, -0.05) is 6.92 Å². The Morgan fingerprint density at radius 3 is 2.40 bits per heavy atom. The molecule has 1 radical (unpaired) electrons. The second-order valence-corrected chi connectivity index (χ2v) is 3.41. The molecule has 0 rings (SSSR count). The van der Waals surface area contributed by atoms with Gasteiger partial charge in [0, 0.05) is 6.92 Å². The van der Waals surface area contributed by atoms with Crippen molar-refractivity contribution in [2.75, 3.05) is 0 Å². The first-order chi connectivity index (χ1) is 4.48. The number of hydrogen-bond donors (Lipinski definition) is 1. The molecular weight excluding hydrogens is 154 g/mol. The number of carbonyl (C=O) groups excluding carboxylic acids is 1. The summed E-state index contributed by atoms with van der Waals surface area (Å²) >= 11 is 0. The maximum Gasteiger partial charge on any atom is 0.239 e. The van der Waals surface area contributed by atoms with Crippen LogP contribution in [0.5, 0.6) is 0 Å². The Bertz CT molecular complexity index is 207. The van der Waals surface area contributed by atoms with Gasteiger partial charge in [0.25, 0.3) is 0 Å². The van der Waals surface area contributed by atoms with E-state index < -0.39 is 15.9 Å². The second-order valence-electron chi connectivity index (χ2n) is 1.78. The van der Waals surface area contributed by atoms with E-state index in [-0.39, 0.29) is 0 Å². The summed E-state index contributed by atoms with van der Waals surface area (Å²) in [7, 11) is -3.46. The number of sulfonamides is 1. The minimum atomic E-state index is -3.46. The highest BCUT2D eigenvalue weighted by atomic mass is 32.2.